The van der Waals surface area contributed by atoms with Crippen LogP contribution in [0.5, 0.6) is 0 Å². The average Bonchev–Trinajstić information content (AvgIpc) is 2.73. The maximum atomic E-state index is 12.8. The predicted octanol–water partition coefficient (Wildman–Crippen LogP) is 4.17. The largest absolute Gasteiger partial charge is 0.370 e. The van der Waals surface area contributed by atoms with Crippen LogP contribution in [-0.4, -0.2) is 18.5 Å². The summed E-state index contributed by atoms with van der Waals surface area (Å²) in [6.45, 7) is 2.11. The topological polar surface area (TPSA) is 26.3 Å². The van der Waals surface area contributed by atoms with E-state index in [1.807, 2.05) is 18.2 Å². The fraction of sp³-hybridized carbons (Fsp3) is 0.588. The molecule has 0 atom stereocenters. The molecule has 1 saturated carbocycles. The predicted molar refractivity (Wildman–Crippen MR) is 77.6 cm³/mol. The van der Waals surface area contributed by atoms with Gasteiger partial charge < -0.3 is 4.74 Å². The van der Waals surface area contributed by atoms with Gasteiger partial charge in [-0.25, -0.2) is 0 Å². The first-order valence-corrected chi connectivity index (χ1v) is 7.41. The molecule has 2 rings (SSSR count). The summed E-state index contributed by atoms with van der Waals surface area (Å²) in [4.78, 5) is 12.8. The molecule has 0 aliphatic heterocycles. The number of aryl methyl sites for hydroxylation is 1. The Balaban J connectivity index is 2.28. The molecule has 0 N–H and O–H groups in total. The number of methoxy groups -OCH3 is 1. The Hall–Kier alpha value is -1.15. The van der Waals surface area contributed by atoms with Crippen LogP contribution >= 0.6 is 0 Å². The summed E-state index contributed by atoms with van der Waals surface area (Å²) in [5.41, 5.74) is 1.44. The average molecular weight is 260 g/mol. The van der Waals surface area contributed by atoms with Gasteiger partial charge in [-0.2, -0.15) is 0 Å². The monoisotopic (exact) mass is 260 g/mol. The van der Waals surface area contributed by atoms with E-state index in [0.29, 0.717) is 0 Å². The zero-order valence-electron chi connectivity index (χ0n) is 12.1. The highest BCUT2D eigenvalue weighted by Gasteiger charge is 2.38. The van der Waals surface area contributed by atoms with Crippen molar-refractivity contribution >= 4 is 5.78 Å². The van der Waals surface area contributed by atoms with Crippen LogP contribution in [0.4, 0.5) is 0 Å². The summed E-state index contributed by atoms with van der Waals surface area (Å²) >= 11 is 0. The first-order chi connectivity index (χ1) is 9.22. The molecule has 0 saturated heterocycles. The van der Waals surface area contributed by atoms with Crippen molar-refractivity contribution in [2.24, 2.45) is 0 Å². The van der Waals surface area contributed by atoms with E-state index in [1.165, 1.54) is 18.4 Å². The van der Waals surface area contributed by atoms with Gasteiger partial charge in [0.15, 0.2) is 5.78 Å². The van der Waals surface area contributed by atoms with Gasteiger partial charge in [0.25, 0.3) is 0 Å². The van der Waals surface area contributed by atoms with Gasteiger partial charge in [0.1, 0.15) is 5.60 Å². The quantitative estimate of drug-likeness (QED) is 0.600. The summed E-state index contributed by atoms with van der Waals surface area (Å²) in [7, 11) is 1.69. The maximum absolute atomic E-state index is 12.8. The van der Waals surface area contributed by atoms with Crippen LogP contribution in [0.1, 0.15) is 61.4 Å². The number of ketones is 1. The van der Waals surface area contributed by atoms with Crippen molar-refractivity contribution < 1.29 is 9.53 Å². The summed E-state index contributed by atoms with van der Waals surface area (Å²) in [5, 5.41) is 0. The summed E-state index contributed by atoms with van der Waals surface area (Å²) in [5.74, 6) is 0.173. The maximum Gasteiger partial charge on any atom is 0.194 e. The number of Topliss-reactive ketones (excluding diaryl/α,β-unsaturated/α-hetero) is 1. The number of benzene rings is 1. The fourth-order valence-corrected chi connectivity index (χ4v) is 3.02. The highest BCUT2D eigenvalue weighted by molar-refractivity contribution is 6.02. The zero-order valence-corrected chi connectivity index (χ0v) is 12.1. The molecule has 1 aromatic carbocycles. The third kappa shape index (κ3) is 3.06. The molecule has 0 aromatic heterocycles. The third-order valence-electron chi connectivity index (χ3n) is 4.31. The first-order valence-electron chi connectivity index (χ1n) is 7.41. The second kappa shape index (κ2) is 6.33. The van der Waals surface area contributed by atoms with Crippen molar-refractivity contribution in [3.63, 3.8) is 0 Å². The minimum absolute atomic E-state index is 0.173. The van der Waals surface area contributed by atoms with Crippen LogP contribution < -0.4 is 0 Å². The van der Waals surface area contributed by atoms with E-state index >= 15 is 0 Å². The lowest BCUT2D eigenvalue weighted by atomic mass is 9.85. The van der Waals surface area contributed by atoms with Crippen molar-refractivity contribution in [1.82, 2.24) is 0 Å². The van der Waals surface area contributed by atoms with Crippen molar-refractivity contribution in [3.05, 3.63) is 35.4 Å². The van der Waals surface area contributed by atoms with Crippen LogP contribution in [0, 0.1) is 0 Å². The minimum atomic E-state index is -0.580. The van der Waals surface area contributed by atoms with Crippen molar-refractivity contribution in [2.45, 2.75) is 57.5 Å². The van der Waals surface area contributed by atoms with Gasteiger partial charge in [0.05, 0.1) is 0 Å². The number of hydrogen-bond donors (Lipinski definition) is 0. The fourth-order valence-electron chi connectivity index (χ4n) is 3.02. The van der Waals surface area contributed by atoms with E-state index in [9.17, 15) is 4.79 Å². The molecule has 0 amide bonds. The van der Waals surface area contributed by atoms with Crippen LogP contribution in [0.3, 0.4) is 0 Å². The van der Waals surface area contributed by atoms with Gasteiger partial charge in [-0.1, -0.05) is 50.8 Å². The van der Waals surface area contributed by atoms with E-state index in [0.717, 1.165) is 37.7 Å². The number of ether oxygens (including phenoxy) is 1. The minimum Gasteiger partial charge on any atom is -0.370 e. The standard InChI is InChI=1S/C17H24O2/c1-3-14-9-8-10-15(13-14)16(18)17(19-2)11-6-4-5-7-12-17/h8-10,13H,3-7,11-12H2,1-2H3. The zero-order chi connectivity index (χ0) is 13.7. The Bertz CT molecular complexity index is 429. The molecule has 19 heavy (non-hydrogen) atoms. The van der Waals surface area contributed by atoms with Crippen LogP contribution in [-0.2, 0) is 11.2 Å². The molecule has 104 valence electrons. The smallest absolute Gasteiger partial charge is 0.194 e. The van der Waals surface area contributed by atoms with E-state index in [-0.39, 0.29) is 5.78 Å². The Morgan fingerprint density at radius 2 is 1.89 bits per heavy atom. The summed E-state index contributed by atoms with van der Waals surface area (Å²) in [6.07, 6.45) is 7.29. The van der Waals surface area contributed by atoms with Crippen LogP contribution in [0.25, 0.3) is 0 Å². The van der Waals surface area contributed by atoms with Gasteiger partial charge in [-0.15, -0.1) is 0 Å². The Labute approximate surface area is 116 Å². The van der Waals surface area contributed by atoms with Gasteiger partial charge in [0, 0.05) is 12.7 Å². The molecular formula is C17H24O2. The molecular weight excluding hydrogens is 236 g/mol. The first kappa shape index (κ1) is 14.3. The Morgan fingerprint density at radius 1 is 1.21 bits per heavy atom. The molecule has 2 nitrogen and oxygen atoms in total. The van der Waals surface area contributed by atoms with Gasteiger partial charge in [-0.3, -0.25) is 4.79 Å². The molecule has 0 spiro atoms. The molecule has 0 radical (unpaired) electrons. The Kier molecular flexibility index (Phi) is 4.76. The number of carbonyl (C=O) groups is 1. The lowest BCUT2D eigenvalue weighted by Crippen LogP contribution is -2.40. The van der Waals surface area contributed by atoms with E-state index in [2.05, 4.69) is 13.0 Å². The molecule has 0 unspecified atom stereocenters. The van der Waals surface area contributed by atoms with Gasteiger partial charge in [0.2, 0.25) is 0 Å². The van der Waals surface area contributed by atoms with Crippen molar-refractivity contribution in [2.75, 3.05) is 7.11 Å². The van der Waals surface area contributed by atoms with Gasteiger partial charge >= 0.3 is 0 Å². The highest BCUT2D eigenvalue weighted by Crippen LogP contribution is 2.33. The van der Waals surface area contributed by atoms with E-state index < -0.39 is 5.60 Å². The lowest BCUT2D eigenvalue weighted by Gasteiger charge is -2.30. The number of rotatable bonds is 4. The molecule has 1 aliphatic rings. The number of hydrogen-bond acceptors (Lipinski definition) is 2. The second-order valence-electron chi connectivity index (χ2n) is 5.50. The van der Waals surface area contributed by atoms with Crippen molar-refractivity contribution in [3.8, 4) is 0 Å². The molecule has 2 heteroatoms. The number of carbonyl (C=O) groups excluding carboxylic acids is 1. The lowest BCUT2D eigenvalue weighted by molar-refractivity contribution is -0.00692. The summed E-state index contributed by atoms with van der Waals surface area (Å²) in [6, 6.07) is 8.00. The summed E-state index contributed by atoms with van der Waals surface area (Å²) < 4.78 is 5.70. The van der Waals surface area contributed by atoms with Gasteiger partial charge in [-0.05, 0) is 30.9 Å². The molecule has 0 bridgehead atoms. The molecule has 1 aromatic rings. The second-order valence-corrected chi connectivity index (χ2v) is 5.50. The van der Waals surface area contributed by atoms with Crippen molar-refractivity contribution in [1.29, 1.82) is 0 Å². The Morgan fingerprint density at radius 3 is 2.47 bits per heavy atom. The SMILES string of the molecule is CCc1cccc(C(=O)C2(OC)CCCCCC2)c1. The molecule has 0 heterocycles. The third-order valence-corrected chi connectivity index (χ3v) is 4.31. The van der Waals surface area contributed by atoms with E-state index in [1.54, 1.807) is 7.11 Å². The normalized spacial score (nSPS) is 18.8. The molecule has 1 aliphatic carbocycles. The highest BCUT2D eigenvalue weighted by atomic mass is 16.5. The van der Waals surface area contributed by atoms with Crippen LogP contribution in [0.2, 0.25) is 0 Å². The molecule has 1 fully saturated rings. The van der Waals surface area contributed by atoms with Crippen LogP contribution in [0.15, 0.2) is 24.3 Å². The van der Waals surface area contributed by atoms with E-state index in [4.69, 9.17) is 4.74 Å².